The molecule has 5 heteroatoms. The first-order valence-corrected chi connectivity index (χ1v) is 9.57. The van der Waals surface area contributed by atoms with Gasteiger partial charge in [-0.05, 0) is 31.2 Å². The van der Waals surface area contributed by atoms with Gasteiger partial charge in [-0.1, -0.05) is 71.0 Å². The number of hydrogen-bond donors (Lipinski definition) is 1. The Balaban J connectivity index is 1.74. The molecule has 0 radical (unpaired) electrons. The zero-order valence-electron chi connectivity index (χ0n) is 14.9. The molecule has 0 saturated carbocycles. The van der Waals surface area contributed by atoms with Crippen LogP contribution in [0.5, 0.6) is 0 Å². The van der Waals surface area contributed by atoms with Gasteiger partial charge in [-0.2, -0.15) is 4.57 Å². The third-order valence-corrected chi connectivity index (χ3v) is 5.00. The van der Waals surface area contributed by atoms with Gasteiger partial charge in [0.05, 0.1) is 5.69 Å². The minimum atomic E-state index is 0.838. The average molecular weight is 371 g/mol. The van der Waals surface area contributed by atoms with Gasteiger partial charge < -0.3 is 0 Å². The number of hydrogen-bond acceptors (Lipinski definition) is 4. The van der Waals surface area contributed by atoms with Crippen molar-refractivity contribution >= 4 is 22.2 Å². The van der Waals surface area contributed by atoms with E-state index in [0.717, 1.165) is 33.5 Å². The van der Waals surface area contributed by atoms with E-state index in [-0.39, 0.29) is 0 Å². The molecule has 0 amide bonds. The van der Waals surface area contributed by atoms with Gasteiger partial charge in [-0.3, -0.25) is 4.98 Å². The number of rotatable bonds is 5. The lowest BCUT2D eigenvalue weighted by molar-refractivity contribution is -0.564. The van der Waals surface area contributed by atoms with Crippen LogP contribution in [0.25, 0.3) is 16.9 Å². The smallest absolute Gasteiger partial charge is 0.255 e. The van der Waals surface area contributed by atoms with Crippen molar-refractivity contribution in [2.75, 3.05) is 5.43 Å². The highest BCUT2D eigenvalue weighted by Gasteiger charge is 2.21. The molecule has 132 valence electrons. The van der Waals surface area contributed by atoms with Crippen molar-refractivity contribution in [3.05, 3.63) is 96.1 Å². The van der Waals surface area contributed by atoms with Crippen molar-refractivity contribution < 1.29 is 4.57 Å². The van der Waals surface area contributed by atoms with E-state index in [2.05, 4.69) is 61.9 Å². The van der Waals surface area contributed by atoms with E-state index >= 15 is 0 Å². The summed E-state index contributed by atoms with van der Waals surface area (Å²) in [5.74, 6) is 0. The highest BCUT2D eigenvalue weighted by Crippen LogP contribution is 2.25. The molecule has 0 spiro atoms. The fourth-order valence-electron chi connectivity index (χ4n) is 2.81. The SMILES string of the molecule is C/C(=N\Nc1scc(-c2ccccc2)[n+]1-c1ccccc1)c1ccccn1. The Kier molecular flexibility index (Phi) is 5.03. The third kappa shape index (κ3) is 3.78. The number of anilines is 1. The van der Waals surface area contributed by atoms with Crippen LogP contribution in [0.2, 0.25) is 0 Å². The first-order chi connectivity index (χ1) is 13.3. The second-order valence-corrected chi connectivity index (χ2v) is 6.85. The normalized spacial score (nSPS) is 11.4. The fraction of sp³-hybridized carbons (Fsp3) is 0.0455. The Labute approximate surface area is 162 Å². The van der Waals surface area contributed by atoms with Crippen molar-refractivity contribution in [1.82, 2.24) is 4.98 Å². The molecule has 2 heterocycles. The van der Waals surface area contributed by atoms with Gasteiger partial charge >= 0.3 is 5.13 Å². The molecule has 0 unspecified atom stereocenters. The lowest BCUT2D eigenvalue weighted by Gasteiger charge is -2.05. The number of nitrogens with one attached hydrogen (secondary N) is 1. The first-order valence-electron chi connectivity index (χ1n) is 8.69. The van der Waals surface area contributed by atoms with Crippen LogP contribution in [0.3, 0.4) is 0 Å². The number of benzene rings is 2. The number of hydrazone groups is 1. The number of para-hydroxylation sites is 1. The maximum absolute atomic E-state index is 4.55. The van der Waals surface area contributed by atoms with Crippen LogP contribution in [0.4, 0.5) is 5.13 Å². The van der Waals surface area contributed by atoms with E-state index in [1.807, 2.05) is 49.4 Å². The van der Waals surface area contributed by atoms with E-state index in [1.54, 1.807) is 17.5 Å². The van der Waals surface area contributed by atoms with Crippen LogP contribution < -0.4 is 9.99 Å². The van der Waals surface area contributed by atoms with Crippen LogP contribution in [0.1, 0.15) is 12.6 Å². The van der Waals surface area contributed by atoms with Gasteiger partial charge in [0, 0.05) is 17.1 Å². The number of pyridine rings is 1. The Morgan fingerprint density at radius 1 is 0.926 bits per heavy atom. The largest absolute Gasteiger partial charge is 0.364 e. The fourth-order valence-corrected chi connectivity index (χ4v) is 3.68. The Bertz CT molecular complexity index is 1040. The van der Waals surface area contributed by atoms with Crippen molar-refractivity contribution in [2.45, 2.75) is 6.92 Å². The summed E-state index contributed by atoms with van der Waals surface area (Å²) in [7, 11) is 0. The summed E-state index contributed by atoms with van der Waals surface area (Å²) in [4.78, 5) is 4.35. The maximum Gasteiger partial charge on any atom is 0.364 e. The minimum Gasteiger partial charge on any atom is -0.255 e. The second kappa shape index (κ2) is 7.93. The topological polar surface area (TPSA) is 41.2 Å². The third-order valence-electron chi connectivity index (χ3n) is 4.16. The monoisotopic (exact) mass is 371 g/mol. The molecule has 0 aliphatic carbocycles. The van der Waals surface area contributed by atoms with E-state index in [0.29, 0.717) is 0 Å². The standard InChI is InChI=1S/C22H18N4S/c1-17(20-14-8-9-15-23-20)24-25-22-26(19-12-6-3-7-13-19)21(16-27-22)18-10-4-2-5-11-18/h2-16H,1H3/p+1/b24-17+. The van der Waals surface area contributed by atoms with Crippen molar-refractivity contribution in [3.63, 3.8) is 0 Å². The van der Waals surface area contributed by atoms with Gasteiger partial charge in [0.2, 0.25) is 0 Å². The minimum absolute atomic E-state index is 0.838. The van der Waals surface area contributed by atoms with Crippen LogP contribution in [-0.4, -0.2) is 10.7 Å². The predicted molar refractivity (Wildman–Crippen MR) is 111 cm³/mol. The van der Waals surface area contributed by atoms with E-state index in [9.17, 15) is 0 Å². The van der Waals surface area contributed by atoms with Gasteiger partial charge in [0.15, 0.2) is 5.69 Å². The molecule has 0 fully saturated rings. The molecular formula is C22H19N4S+. The van der Waals surface area contributed by atoms with Gasteiger partial charge in [-0.25, -0.2) is 0 Å². The average Bonchev–Trinajstić information content (AvgIpc) is 3.18. The highest BCUT2D eigenvalue weighted by molar-refractivity contribution is 7.13. The summed E-state index contributed by atoms with van der Waals surface area (Å²) in [5.41, 5.74) is 8.30. The number of nitrogens with zero attached hydrogens (tertiary/aromatic N) is 3. The Morgan fingerprint density at radius 2 is 1.63 bits per heavy atom. The molecule has 0 aliphatic rings. The lowest BCUT2D eigenvalue weighted by Crippen LogP contribution is -2.33. The van der Waals surface area contributed by atoms with E-state index in [1.165, 1.54) is 0 Å². The van der Waals surface area contributed by atoms with Crippen molar-refractivity contribution in [1.29, 1.82) is 0 Å². The molecule has 0 bridgehead atoms. The van der Waals surface area contributed by atoms with Crippen LogP contribution in [0.15, 0.2) is 95.5 Å². The summed E-state index contributed by atoms with van der Waals surface area (Å²) in [6, 6.07) is 26.5. The van der Waals surface area contributed by atoms with E-state index < -0.39 is 0 Å². The van der Waals surface area contributed by atoms with Crippen LogP contribution in [0, 0.1) is 0 Å². The van der Waals surface area contributed by atoms with Crippen LogP contribution >= 0.6 is 11.3 Å². The summed E-state index contributed by atoms with van der Waals surface area (Å²) in [6.07, 6.45) is 1.77. The predicted octanol–water partition coefficient (Wildman–Crippen LogP) is 4.92. The molecule has 0 aliphatic heterocycles. The van der Waals surface area contributed by atoms with Gasteiger partial charge in [0.1, 0.15) is 11.4 Å². The maximum atomic E-state index is 4.55. The molecule has 1 N–H and O–H groups in total. The molecule has 4 aromatic rings. The summed E-state index contributed by atoms with van der Waals surface area (Å²) in [5, 5.41) is 7.64. The quantitative estimate of drug-likeness (QED) is 0.307. The molecular weight excluding hydrogens is 352 g/mol. The molecule has 27 heavy (non-hydrogen) atoms. The van der Waals surface area contributed by atoms with Gasteiger partial charge in [-0.15, -0.1) is 5.43 Å². The Hall–Kier alpha value is -3.31. The molecule has 2 aromatic carbocycles. The van der Waals surface area contributed by atoms with Crippen molar-refractivity contribution in [2.24, 2.45) is 5.10 Å². The Morgan fingerprint density at radius 3 is 2.33 bits per heavy atom. The lowest BCUT2D eigenvalue weighted by atomic mass is 10.1. The zero-order chi connectivity index (χ0) is 18.5. The molecule has 0 saturated heterocycles. The molecule has 2 aromatic heterocycles. The summed E-state index contributed by atoms with van der Waals surface area (Å²) < 4.78 is 2.19. The summed E-state index contributed by atoms with van der Waals surface area (Å²) in [6.45, 7) is 1.95. The van der Waals surface area contributed by atoms with Crippen LogP contribution in [-0.2, 0) is 0 Å². The molecule has 0 atom stereocenters. The van der Waals surface area contributed by atoms with E-state index in [4.69, 9.17) is 0 Å². The van der Waals surface area contributed by atoms with Crippen molar-refractivity contribution in [3.8, 4) is 16.9 Å². The highest BCUT2D eigenvalue weighted by atomic mass is 32.1. The number of aromatic nitrogens is 2. The first kappa shape index (κ1) is 17.1. The number of thiazole rings is 1. The zero-order valence-corrected chi connectivity index (χ0v) is 15.7. The second-order valence-electron chi connectivity index (χ2n) is 5.99. The summed E-state index contributed by atoms with van der Waals surface area (Å²) >= 11 is 1.63. The molecule has 4 nitrogen and oxygen atoms in total. The van der Waals surface area contributed by atoms with Gasteiger partial charge in [0.25, 0.3) is 0 Å². The molecule has 4 rings (SSSR count).